The minimum absolute atomic E-state index is 0.0147. The van der Waals surface area contributed by atoms with E-state index in [0.29, 0.717) is 6.07 Å². The Morgan fingerprint density at radius 2 is 2.10 bits per heavy atom. The van der Waals surface area contributed by atoms with Gasteiger partial charge in [0, 0.05) is 14.1 Å². The molecule has 0 unspecified atom stereocenters. The third-order valence-electron chi connectivity index (χ3n) is 3.38. The van der Waals surface area contributed by atoms with E-state index >= 15 is 0 Å². The molecule has 0 aromatic heterocycles. The molecule has 0 saturated carbocycles. The zero-order chi connectivity index (χ0) is 16.4. The van der Waals surface area contributed by atoms with Crippen LogP contribution in [0.2, 0.25) is 0 Å². The van der Waals surface area contributed by atoms with Crippen LogP contribution in [-0.4, -0.2) is 47.1 Å². The Kier molecular flexibility index (Phi) is 4.84. The van der Waals surface area contributed by atoms with Crippen LogP contribution in [0.1, 0.15) is 24.2 Å². The number of nitro groups is 1. The minimum atomic E-state index is -0.904. The van der Waals surface area contributed by atoms with E-state index in [1.807, 2.05) is 0 Å². The molecule has 1 aromatic carbocycles. The summed E-state index contributed by atoms with van der Waals surface area (Å²) in [4.78, 5) is 23.8. The lowest BCUT2D eigenvalue weighted by Gasteiger charge is -2.33. The molecular weight excluding hydrogens is 281 g/mol. The molecule has 0 aliphatic carbocycles. The van der Waals surface area contributed by atoms with E-state index in [4.69, 9.17) is 0 Å². The van der Waals surface area contributed by atoms with E-state index in [-0.39, 0.29) is 17.9 Å². The summed E-state index contributed by atoms with van der Waals surface area (Å²) in [5, 5.41) is 22.8. The van der Waals surface area contributed by atoms with Gasteiger partial charge in [-0.2, -0.15) is 0 Å². The quantitative estimate of drug-likeness (QED) is 0.636. The normalized spacial score (nSPS) is 11.1. The summed E-state index contributed by atoms with van der Waals surface area (Å²) in [5.41, 5.74) is -1.77. The van der Waals surface area contributed by atoms with E-state index < -0.39 is 27.9 Å². The zero-order valence-electron chi connectivity index (χ0n) is 12.3. The Balaban J connectivity index is 3.40. The maximum absolute atomic E-state index is 13.6. The second-order valence-corrected chi connectivity index (χ2v) is 5.19. The molecule has 0 atom stereocenters. The first kappa shape index (κ1) is 16.8. The zero-order valence-corrected chi connectivity index (χ0v) is 12.3. The van der Waals surface area contributed by atoms with Gasteiger partial charge in [0.1, 0.15) is 5.56 Å². The van der Waals surface area contributed by atoms with Crippen molar-refractivity contribution in [2.75, 3.05) is 26.0 Å². The highest BCUT2D eigenvalue weighted by molar-refractivity contribution is 5.99. The van der Waals surface area contributed by atoms with Crippen LogP contribution in [0.25, 0.3) is 0 Å². The van der Waals surface area contributed by atoms with Crippen molar-refractivity contribution in [2.24, 2.45) is 0 Å². The third-order valence-corrected chi connectivity index (χ3v) is 3.38. The van der Waals surface area contributed by atoms with Crippen LogP contribution in [0.3, 0.4) is 0 Å². The molecule has 0 aliphatic rings. The monoisotopic (exact) mass is 299 g/mol. The molecule has 0 radical (unpaired) electrons. The predicted octanol–water partition coefficient (Wildman–Crippen LogP) is 1.62. The molecule has 2 N–H and O–H groups in total. The first-order chi connectivity index (χ1) is 9.65. The van der Waals surface area contributed by atoms with Gasteiger partial charge in [0.05, 0.1) is 28.8 Å². The molecule has 0 saturated heterocycles. The number of nitrogens with one attached hydrogen (secondary N) is 1. The number of carbonyl (C=O) groups excluding carboxylic acids is 1. The van der Waals surface area contributed by atoms with Crippen molar-refractivity contribution in [1.29, 1.82) is 0 Å². The molecule has 0 heterocycles. The van der Waals surface area contributed by atoms with Gasteiger partial charge in [0.25, 0.3) is 11.6 Å². The second kappa shape index (κ2) is 6.04. The Labute approximate surface area is 121 Å². The SMILES string of the molecule is CNc1cc(C(=O)N(C)C(C)(C)CO)c([N+](=O)[O-])cc1F. The lowest BCUT2D eigenvalue weighted by atomic mass is 10.0. The number of anilines is 1. The number of aliphatic hydroxyl groups excluding tert-OH is 1. The molecule has 0 fully saturated rings. The summed E-state index contributed by atoms with van der Waals surface area (Å²) in [6, 6.07) is 1.80. The van der Waals surface area contributed by atoms with Crippen LogP contribution in [0.15, 0.2) is 12.1 Å². The standard InChI is InChI=1S/C13H18FN3O4/c1-13(2,7-18)16(4)12(19)8-5-10(15-3)9(14)6-11(8)17(20)21/h5-6,15,18H,7H2,1-4H3. The number of halogens is 1. The van der Waals surface area contributed by atoms with Crippen LogP contribution in [-0.2, 0) is 0 Å². The molecular formula is C13H18FN3O4. The van der Waals surface area contributed by atoms with Crippen LogP contribution in [0.4, 0.5) is 15.8 Å². The van der Waals surface area contributed by atoms with Crippen molar-refractivity contribution in [3.05, 3.63) is 33.6 Å². The van der Waals surface area contributed by atoms with E-state index in [2.05, 4.69) is 5.32 Å². The average Bonchev–Trinajstić information content (AvgIpc) is 2.45. The Hall–Kier alpha value is -2.22. The van der Waals surface area contributed by atoms with Gasteiger partial charge in [0.2, 0.25) is 0 Å². The van der Waals surface area contributed by atoms with Crippen molar-refractivity contribution in [3.63, 3.8) is 0 Å². The van der Waals surface area contributed by atoms with Gasteiger partial charge < -0.3 is 15.3 Å². The summed E-state index contributed by atoms with van der Waals surface area (Å²) < 4.78 is 13.6. The number of benzene rings is 1. The number of aliphatic hydroxyl groups is 1. The lowest BCUT2D eigenvalue weighted by Crippen LogP contribution is -2.47. The molecule has 1 amide bonds. The van der Waals surface area contributed by atoms with E-state index in [1.54, 1.807) is 13.8 Å². The molecule has 8 heteroatoms. The van der Waals surface area contributed by atoms with E-state index in [0.717, 1.165) is 6.07 Å². The summed E-state index contributed by atoms with van der Waals surface area (Å²) >= 11 is 0. The van der Waals surface area contributed by atoms with Crippen molar-refractivity contribution in [1.82, 2.24) is 4.90 Å². The number of rotatable bonds is 5. The van der Waals surface area contributed by atoms with Gasteiger partial charge in [-0.1, -0.05) is 0 Å². The summed E-state index contributed by atoms with van der Waals surface area (Å²) in [7, 11) is 2.87. The largest absolute Gasteiger partial charge is 0.394 e. The predicted molar refractivity (Wildman–Crippen MR) is 75.9 cm³/mol. The molecule has 0 bridgehead atoms. The van der Waals surface area contributed by atoms with Crippen molar-refractivity contribution < 1.29 is 19.2 Å². The molecule has 0 aliphatic heterocycles. The molecule has 1 rings (SSSR count). The van der Waals surface area contributed by atoms with Gasteiger partial charge in [0.15, 0.2) is 5.82 Å². The summed E-state index contributed by atoms with van der Waals surface area (Å²) in [6.07, 6.45) is 0. The molecule has 116 valence electrons. The first-order valence-corrected chi connectivity index (χ1v) is 6.20. The molecule has 21 heavy (non-hydrogen) atoms. The number of hydrogen-bond donors (Lipinski definition) is 2. The number of nitrogens with zero attached hydrogens (tertiary/aromatic N) is 2. The number of amides is 1. The fourth-order valence-electron chi connectivity index (χ4n) is 1.64. The topological polar surface area (TPSA) is 95.7 Å². The lowest BCUT2D eigenvalue weighted by molar-refractivity contribution is -0.385. The highest BCUT2D eigenvalue weighted by Gasteiger charge is 2.32. The number of likely N-dealkylation sites (N-methyl/N-ethyl adjacent to an activating group) is 1. The highest BCUT2D eigenvalue weighted by Crippen LogP contribution is 2.28. The summed E-state index contributed by atoms with van der Waals surface area (Å²) in [6.45, 7) is 2.90. The number of carbonyl (C=O) groups is 1. The molecule has 0 spiro atoms. The van der Waals surface area contributed by atoms with Gasteiger partial charge in [-0.25, -0.2) is 4.39 Å². The second-order valence-electron chi connectivity index (χ2n) is 5.19. The van der Waals surface area contributed by atoms with Crippen molar-refractivity contribution >= 4 is 17.3 Å². The van der Waals surface area contributed by atoms with Gasteiger partial charge in [-0.15, -0.1) is 0 Å². The Morgan fingerprint density at radius 1 is 1.52 bits per heavy atom. The van der Waals surface area contributed by atoms with Crippen LogP contribution < -0.4 is 5.32 Å². The Bertz CT molecular complexity index is 575. The maximum atomic E-state index is 13.6. The molecule has 7 nitrogen and oxygen atoms in total. The van der Waals surface area contributed by atoms with Crippen molar-refractivity contribution in [2.45, 2.75) is 19.4 Å². The first-order valence-electron chi connectivity index (χ1n) is 6.20. The van der Waals surface area contributed by atoms with Gasteiger partial charge in [-0.3, -0.25) is 14.9 Å². The van der Waals surface area contributed by atoms with Crippen LogP contribution >= 0.6 is 0 Å². The van der Waals surface area contributed by atoms with Gasteiger partial charge in [-0.05, 0) is 19.9 Å². The summed E-state index contributed by atoms with van der Waals surface area (Å²) in [5.74, 6) is -1.48. The average molecular weight is 299 g/mol. The van der Waals surface area contributed by atoms with E-state index in [1.165, 1.54) is 19.0 Å². The third kappa shape index (κ3) is 3.27. The van der Waals surface area contributed by atoms with Crippen molar-refractivity contribution in [3.8, 4) is 0 Å². The number of nitro benzene ring substituents is 1. The number of hydrogen-bond acceptors (Lipinski definition) is 5. The van der Waals surface area contributed by atoms with Crippen LogP contribution in [0.5, 0.6) is 0 Å². The Morgan fingerprint density at radius 3 is 2.52 bits per heavy atom. The smallest absolute Gasteiger partial charge is 0.285 e. The fraction of sp³-hybridized carbons (Fsp3) is 0.462. The van der Waals surface area contributed by atoms with Gasteiger partial charge >= 0.3 is 0 Å². The van der Waals surface area contributed by atoms with Crippen LogP contribution in [0, 0.1) is 15.9 Å². The molecule has 1 aromatic rings. The minimum Gasteiger partial charge on any atom is -0.394 e. The fourth-order valence-corrected chi connectivity index (χ4v) is 1.64. The maximum Gasteiger partial charge on any atom is 0.285 e. The van der Waals surface area contributed by atoms with E-state index in [9.17, 15) is 24.4 Å². The highest BCUT2D eigenvalue weighted by atomic mass is 19.1.